The molecule has 2 nitrogen and oxygen atoms in total. The summed E-state index contributed by atoms with van der Waals surface area (Å²) in [4.78, 5) is 0. The van der Waals surface area contributed by atoms with Crippen molar-refractivity contribution in [1.82, 2.24) is 5.32 Å². The first-order valence-electron chi connectivity index (χ1n) is 4.17. The summed E-state index contributed by atoms with van der Waals surface area (Å²) >= 11 is 0. The highest BCUT2D eigenvalue weighted by molar-refractivity contribution is 4.83. The number of nitrogens with two attached hydrogens (primary N) is 1. The maximum absolute atomic E-state index is 5.79. The summed E-state index contributed by atoms with van der Waals surface area (Å²) < 4.78 is 0. The zero-order valence-corrected chi connectivity index (χ0v) is 6.93. The van der Waals surface area contributed by atoms with Gasteiger partial charge in [0, 0.05) is 12.1 Å². The largest absolute Gasteiger partial charge is 0.328 e. The predicted octanol–water partition coefficient (Wildman–Crippen LogP) is 0.722. The smallest absolute Gasteiger partial charge is 0.00673 e. The van der Waals surface area contributed by atoms with Crippen LogP contribution in [-0.2, 0) is 0 Å². The van der Waals surface area contributed by atoms with E-state index in [0.29, 0.717) is 6.04 Å². The van der Waals surface area contributed by atoms with Crippen LogP contribution < -0.4 is 11.1 Å². The quantitative estimate of drug-likeness (QED) is 0.596. The molecule has 0 aromatic rings. The van der Waals surface area contributed by atoms with Gasteiger partial charge in [-0.25, -0.2) is 0 Å². The van der Waals surface area contributed by atoms with Crippen LogP contribution >= 0.6 is 0 Å². The van der Waals surface area contributed by atoms with Crippen molar-refractivity contribution in [3.05, 3.63) is 0 Å². The van der Waals surface area contributed by atoms with Gasteiger partial charge in [-0.3, -0.25) is 0 Å². The van der Waals surface area contributed by atoms with Crippen molar-refractivity contribution in [2.24, 2.45) is 11.7 Å². The van der Waals surface area contributed by atoms with Gasteiger partial charge in [0.1, 0.15) is 0 Å². The van der Waals surface area contributed by atoms with Crippen LogP contribution in [-0.4, -0.2) is 19.1 Å². The van der Waals surface area contributed by atoms with Gasteiger partial charge in [-0.15, -0.1) is 0 Å². The van der Waals surface area contributed by atoms with Crippen molar-refractivity contribution >= 4 is 0 Å². The van der Waals surface area contributed by atoms with E-state index in [9.17, 15) is 0 Å². The minimum absolute atomic E-state index is 0.387. The fourth-order valence-corrected chi connectivity index (χ4v) is 1.76. The lowest BCUT2D eigenvalue weighted by molar-refractivity contribution is 0.441. The molecule has 0 aliphatic heterocycles. The average molecular weight is 142 g/mol. The molecule has 2 unspecified atom stereocenters. The Morgan fingerprint density at radius 3 is 2.50 bits per heavy atom. The molecular weight excluding hydrogens is 124 g/mol. The normalized spacial score (nSPS) is 36.3. The summed E-state index contributed by atoms with van der Waals surface area (Å²) in [6.45, 7) is 2.11. The summed E-state index contributed by atoms with van der Waals surface area (Å²) in [5, 5.41) is 3.29. The molecule has 0 aromatic heterocycles. The van der Waals surface area contributed by atoms with Crippen LogP contribution in [0.25, 0.3) is 0 Å². The van der Waals surface area contributed by atoms with Crippen LogP contribution in [0.15, 0.2) is 0 Å². The summed E-state index contributed by atoms with van der Waals surface area (Å²) in [5.41, 5.74) is 5.79. The van der Waals surface area contributed by atoms with Crippen LogP contribution in [0.2, 0.25) is 0 Å². The molecular formula is C8H18N2. The van der Waals surface area contributed by atoms with Gasteiger partial charge in [0.05, 0.1) is 0 Å². The predicted molar refractivity (Wildman–Crippen MR) is 43.8 cm³/mol. The van der Waals surface area contributed by atoms with Crippen LogP contribution in [0.3, 0.4) is 0 Å². The zero-order chi connectivity index (χ0) is 7.56. The van der Waals surface area contributed by atoms with E-state index in [1.165, 1.54) is 19.3 Å². The molecule has 1 aliphatic carbocycles. The molecule has 0 amide bonds. The minimum Gasteiger partial charge on any atom is -0.328 e. The summed E-state index contributed by atoms with van der Waals surface area (Å²) in [6, 6.07) is 1.12. The number of rotatable bonds is 2. The Balaban J connectivity index is 2.28. The summed E-state index contributed by atoms with van der Waals surface area (Å²) in [6.07, 6.45) is 3.89. The van der Waals surface area contributed by atoms with Crippen molar-refractivity contribution in [1.29, 1.82) is 0 Å². The average Bonchev–Trinajstić information content (AvgIpc) is 2.34. The van der Waals surface area contributed by atoms with Crippen molar-refractivity contribution in [2.45, 2.75) is 38.3 Å². The molecule has 2 heteroatoms. The second kappa shape index (κ2) is 3.35. The number of hydrogen-bond donors (Lipinski definition) is 2. The lowest BCUT2D eigenvalue weighted by Gasteiger charge is -2.13. The molecule has 0 bridgehead atoms. The van der Waals surface area contributed by atoms with E-state index in [1.807, 2.05) is 7.05 Å². The lowest BCUT2D eigenvalue weighted by atomic mass is 10.0. The van der Waals surface area contributed by atoms with Crippen molar-refractivity contribution < 1.29 is 0 Å². The van der Waals surface area contributed by atoms with Crippen LogP contribution in [0.5, 0.6) is 0 Å². The Kier molecular flexibility index (Phi) is 2.69. The van der Waals surface area contributed by atoms with Crippen molar-refractivity contribution in [3.63, 3.8) is 0 Å². The monoisotopic (exact) mass is 142 g/mol. The highest BCUT2D eigenvalue weighted by atomic mass is 14.9. The third-order valence-electron chi connectivity index (χ3n) is 2.63. The fraction of sp³-hybridized carbons (Fsp3) is 1.00. The Morgan fingerprint density at radius 1 is 1.50 bits per heavy atom. The minimum atomic E-state index is 0.387. The Morgan fingerprint density at radius 2 is 2.20 bits per heavy atom. The van der Waals surface area contributed by atoms with Gasteiger partial charge in [0.15, 0.2) is 0 Å². The number of nitrogens with one attached hydrogen (secondary N) is 1. The highest BCUT2D eigenvalue weighted by Crippen LogP contribution is 2.26. The maximum Gasteiger partial charge on any atom is 0.00673 e. The molecule has 0 radical (unpaired) electrons. The van der Waals surface area contributed by atoms with Crippen LogP contribution in [0.1, 0.15) is 26.2 Å². The van der Waals surface area contributed by atoms with Gasteiger partial charge in [-0.1, -0.05) is 0 Å². The van der Waals surface area contributed by atoms with Crippen LogP contribution in [0.4, 0.5) is 0 Å². The molecule has 0 aromatic carbocycles. The van der Waals surface area contributed by atoms with Gasteiger partial charge < -0.3 is 11.1 Å². The molecule has 3 N–H and O–H groups in total. The molecule has 1 fully saturated rings. The van der Waals surface area contributed by atoms with Gasteiger partial charge in [-0.05, 0) is 39.2 Å². The molecule has 0 heterocycles. The van der Waals surface area contributed by atoms with E-state index in [2.05, 4.69) is 12.2 Å². The SMILES string of the molecule is CNC1CC[C@@H](C(C)N)C1. The van der Waals surface area contributed by atoms with E-state index >= 15 is 0 Å². The first kappa shape index (κ1) is 8.02. The van der Waals surface area contributed by atoms with Crippen molar-refractivity contribution in [3.8, 4) is 0 Å². The Hall–Kier alpha value is -0.0800. The molecule has 0 saturated heterocycles. The van der Waals surface area contributed by atoms with Gasteiger partial charge >= 0.3 is 0 Å². The summed E-state index contributed by atoms with van der Waals surface area (Å²) in [5.74, 6) is 0.762. The molecule has 3 atom stereocenters. The maximum atomic E-state index is 5.79. The van der Waals surface area contributed by atoms with Gasteiger partial charge in [-0.2, -0.15) is 0 Å². The Bertz CT molecular complexity index is 101. The lowest BCUT2D eigenvalue weighted by Crippen LogP contribution is -2.27. The second-order valence-electron chi connectivity index (χ2n) is 3.42. The fourth-order valence-electron chi connectivity index (χ4n) is 1.76. The van der Waals surface area contributed by atoms with E-state index in [1.54, 1.807) is 0 Å². The van der Waals surface area contributed by atoms with E-state index in [4.69, 9.17) is 5.73 Å². The molecule has 10 heavy (non-hydrogen) atoms. The second-order valence-corrected chi connectivity index (χ2v) is 3.42. The van der Waals surface area contributed by atoms with E-state index in [0.717, 1.165) is 12.0 Å². The third kappa shape index (κ3) is 1.70. The molecule has 0 spiro atoms. The topological polar surface area (TPSA) is 38.0 Å². The molecule has 1 aliphatic rings. The zero-order valence-electron chi connectivity index (χ0n) is 6.93. The standard InChI is InChI=1S/C8H18N2/c1-6(9)7-3-4-8(5-7)10-2/h6-8,10H,3-5,9H2,1-2H3/t6?,7-,8?/m1/s1. The summed E-state index contributed by atoms with van der Waals surface area (Å²) in [7, 11) is 2.04. The van der Waals surface area contributed by atoms with Gasteiger partial charge in [0.2, 0.25) is 0 Å². The van der Waals surface area contributed by atoms with E-state index < -0.39 is 0 Å². The first-order valence-corrected chi connectivity index (χ1v) is 4.17. The van der Waals surface area contributed by atoms with Gasteiger partial charge in [0.25, 0.3) is 0 Å². The van der Waals surface area contributed by atoms with E-state index in [-0.39, 0.29) is 0 Å². The Labute approximate surface area is 63.2 Å². The third-order valence-corrected chi connectivity index (χ3v) is 2.63. The molecule has 1 saturated carbocycles. The molecule has 60 valence electrons. The highest BCUT2D eigenvalue weighted by Gasteiger charge is 2.25. The number of hydrogen-bond acceptors (Lipinski definition) is 2. The first-order chi connectivity index (χ1) is 4.74. The van der Waals surface area contributed by atoms with Crippen LogP contribution in [0, 0.1) is 5.92 Å². The molecule has 1 rings (SSSR count). The van der Waals surface area contributed by atoms with Crippen molar-refractivity contribution in [2.75, 3.05) is 7.05 Å².